The average Bonchev–Trinajstić information content (AvgIpc) is 2.48. The topological polar surface area (TPSA) is 45.7 Å². The zero-order valence-electron chi connectivity index (χ0n) is 11.2. The average molecular weight is 259 g/mol. The quantitative estimate of drug-likeness (QED) is 0.875. The molecule has 0 spiro atoms. The molecule has 0 radical (unpaired) electrons. The molecule has 0 aliphatic carbocycles. The maximum Gasteiger partial charge on any atom is 0.145 e. The minimum atomic E-state index is 0.559. The van der Waals surface area contributed by atoms with Gasteiger partial charge in [0, 0.05) is 6.54 Å². The fourth-order valence-corrected chi connectivity index (χ4v) is 2.67. The van der Waals surface area contributed by atoms with Crippen LogP contribution in [-0.4, -0.2) is 32.1 Å². The molecule has 0 atom stereocenters. The number of amidine groups is 1. The molecule has 3 rings (SSSR count). The molecule has 2 aliphatic rings. The minimum absolute atomic E-state index is 0.559. The van der Waals surface area contributed by atoms with Gasteiger partial charge in [-0.3, -0.25) is 4.99 Å². The Morgan fingerprint density at radius 1 is 1.21 bits per heavy atom. The third-order valence-electron chi connectivity index (χ3n) is 3.83. The number of para-hydroxylation sites is 2. The first-order chi connectivity index (χ1) is 9.42. The van der Waals surface area contributed by atoms with E-state index in [9.17, 15) is 0 Å². The molecule has 0 bridgehead atoms. The Morgan fingerprint density at radius 3 is 2.95 bits per heavy atom. The SMILES string of the molecule is c1ccc2c(c1)NC(=NCCC1CCNCC1)CO2. The molecule has 102 valence electrons. The molecule has 0 saturated carbocycles. The largest absolute Gasteiger partial charge is 0.484 e. The maximum atomic E-state index is 5.68. The highest BCUT2D eigenvalue weighted by Crippen LogP contribution is 2.26. The number of anilines is 1. The number of hydrogen-bond donors (Lipinski definition) is 2. The second-order valence-corrected chi connectivity index (χ2v) is 5.22. The van der Waals surface area contributed by atoms with E-state index < -0.39 is 0 Å². The molecule has 2 N–H and O–H groups in total. The van der Waals surface area contributed by atoms with Gasteiger partial charge in [-0.05, 0) is 50.4 Å². The Labute approximate surface area is 114 Å². The summed E-state index contributed by atoms with van der Waals surface area (Å²) in [6, 6.07) is 8.00. The lowest BCUT2D eigenvalue weighted by molar-refractivity contribution is 0.356. The van der Waals surface area contributed by atoms with Crippen molar-refractivity contribution in [2.24, 2.45) is 10.9 Å². The first-order valence-electron chi connectivity index (χ1n) is 7.15. The third kappa shape index (κ3) is 3.26. The zero-order chi connectivity index (χ0) is 12.9. The Morgan fingerprint density at radius 2 is 2.05 bits per heavy atom. The van der Waals surface area contributed by atoms with Crippen LogP contribution in [0.25, 0.3) is 0 Å². The van der Waals surface area contributed by atoms with E-state index in [2.05, 4.69) is 15.6 Å². The summed E-state index contributed by atoms with van der Waals surface area (Å²) >= 11 is 0. The molecular weight excluding hydrogens is 238 g/mol. The molecule has 19 heavy (non-hydrogen) atoms. The van der Waals surface area contributed by atoms with Crippen LogP contribution in [0.1, 0.15) is 19.3 Å². The van der Waals surface area contributed by atoms with E-state index in [1.807, 2.05) is 24.3 Å². The summed E-state index contributed by atoms with van der Waals surface area (Å²) in [5.41, 5.74) is 1.02. The molecule has 4 nitrogen and oxygen atoms in total. The zero-order valence-corrected chi connectivity index (χ0v) is 11.2. The van der Waals surface area contributed by atoms with E-state index in [4.69, 9.17) is 4.74 Å². The van der Waals surface area contributed by atoms with Crippen LogP contribution in [-0.2, 0) is 0 Å². The highest BCUT2D eigenvalue weighted by atomic mass is 16.5. The van der Waals surface area contributed by atoms with Gasteiger partial charge in [-0.25, -0.2) is 0 Å². The van der Waals surface area contributed by atoms with Crippen LogP contribution in [0, 0.1) is 5.92 Å². The van der Waals surface area contributed by atoms with E-state index in [0.29, 0.717) is 6.61 Å². The van der Waals surface area contributed by atoms with Crippen LogP contribution < -0.4 is 15.4 Å². The summed E-state index contributed by atoms with van der Waals surface area (Å²) in [4.78, 5) is 4.64. The van der Waals surface area contributed by atoms with Gasteiger partial charge in [0.2, 0.25) is 0 Å². The van der Waals surface area contributed by atoms with Gasteiger partial charge in [0.1, 0.15) is 18.2 Å². The van der Waals surface area contributed by atoms with Crippen molar-refractivity contribution in [2.75, 3.05) is 31.6 Å². The van der Waals surface area contributed by atoms with Crippen molar-refractivity contribution in [1.82, 2.24) is 5.32 Å². The highest BCUT2D eigenvalue weighted by molar-refractivity contribution is 5.99. The van der Waals surface area contributed by atoms with Gasteiger partial charge in [-0.15, -0.1) is 0 Å². The maximum absolute atomic E-state index is 5.68. The summed E-state index contributed by atoms with van der Waals surface area (Å²) in [6.07, 6.45) is 3.77. The smallest absolute Gasteiger partial charge is 0.145 e. The monoisotopic (exact) mass is 259 g/mol. The lowest BCUT2D eigenvalue weighted by atomic mass is 9.95. The first kappa shape index (κ1) is 12.5. The molecule has 1 aromatic rings. The van der Waals surface area contributed by atoms with Crippen molar-refractivity contribution in [3.8, 4) is 5.75 Å². The normalized spacial score (nSPS) is 21.6. The van der Waals surface area contributed by atoms with E-state index in [0.717, 1.165) is 42.8 Å². The predicted octanol–water partition coefficient (Wildman–Crippen LogP) is 2.28. The van der Waals surface area contributed by atoms with Gasteiger partial charge in [-0.2, -0.15) is 0 Å². The molecule has 0 aromatic heterocycles. The lowest BCUT2D eigenvalue weighted by Crippen LogP contribution is -2.29. The molecule has 0 unspecified atom stereocenters. The lowest BCUT2D eigenvalue weighted by Gasteiger charge is -2.23. The molecule has 1 aromatic carbocycles. The van der Waals surface area contributed by atoms with Crippen molar-refractivity contribution in [3.63, 3.8) is 0 Å². The summed E-state index contributed by atoms with van der Waals surface area (Å²) in [6.45, 7) is 3.79. The van der Waals surface area contributed by atoms with Gasteiger partial charge >= 0.3 is 0 Å². The number of benzene rings is 1. The summed E-state index contributed by atoms with van der Waals surface area (Å²) in [5.74, 6) is 2.70. The number of aliphatic imine (C=N–C) groups is 1. The van der Waals surface area contributed by atoms with Gasteiger partial charge in [0.05, 0.1) is 5.69 Å². The molecule has 2 aliphatic heterocycles. The van der Waals surface area contributed by atoms with Crippen LogP contribution >= 0.6 is 0 Å². The van der Waals surface area contributed by atoms with Crippen LogP contribution in [0.2, 0.25) is 0 Å². The van der Waals surface area contributed by atoms with Gasteiger partial charge in [0.15, 0.2) is 0 Å². The minimum Gasteiger partial charge on any atom is -0.484 e. The summed E-state index contributed by atoms with van der Waals surface area (Å²) in [7, 11) is 0. The summed E-state index contributed by atoms with van der Waals surface area (Å²) in [5, 5.41) is 6.74. The molecule has 2 heterocycles. The predicted molar refractivity (Wildman–Crippen MR) is 78.1 cm³/mol. The number of piperidine rings is 1. The standard InChI is InChI=1S/C15H21N3O/c1-2-4-14-13(3-1)18-15(11-19-14)17-10-7-12-5-8-16-9-6-12/h1-4,12,16H,5-11H2,(H,17,18). The van der Waals surface area contributed by atoms with Crippen LogP contribution in [0.5, 0.6) is 5.75 Å². The van der Waals surface area contributed by atoms with E-state index in [1.54, 1.807) is 0 Å². The van der Waals surface area contributed by atoms with Gasteiger partial charge < -0.3 is 15.4 Å². The Hall–Kier alpha value is -1.55. The van der Waals surface area contributed by atoms with Crippen LogP contribution in [0.3, 0.4) is 0 Å². The summed E-state index contributed by atoms with van der Waals surface area (Å²) < 4.78 is 5.68. The molecule has 1 saturated heterocycles. The molecular formula is C15H21N3O. The number of fused-ring (bicyclic) bond motifs is 1. The number of hydrogen-bond acceptors (Lipinski definition) is 3. The number of nitrogens with zero attached hydrogens (tertiary/aromatic N) is 1. The van der Waals surface area contributed by atoms with Crippen molar-refractivity contribution in [1.29, 1.82) is 0 Å². The number of nitrogens with one attached hydrogen (secondary N) is 2. The van der Waals surface area contributed by atoms with Crippen molar-refractivity contribution >= 4 is 11.5 Å². The van der Waals surface area contributed by atoms with Gasteiger partial charge in [0.25, 0.3) is 0 Å². The second-order valence-electron chi connectivity index (χ2n) is 5.22. The Kier molecular flexibility index (Phi) is 3.98. The molecule has 4 heteroatoms. The third-order valence-corrected chi connectivity index (χ3v) is 3.83. The Balaban J connectivity index is 1.51. The number of rotatable bonds is 3. The van der Waals surface area contributed by atoms with E-state index >= 15 is 0 Å². The fraction of sp³-hybridized carbons (Fsp3) is 0.533. The first-order valence-corrected chi connectivity index (χ1v) is 7.15. The van der Waals surface area contributed by atoms with Crippen molar-refractivity contribution < 1.29 is 4.74 Å². The van der Waals surface area contributed by atoms with Crippen molar-refractivity contribution in [3.05, 3.63) is 24.3 Å². The molecule has 1 fully saturated rings. The van der Waals surface area contributed by atoms with Crippen LogP contribution in [0.4, 0.5) is 5.69 Å². The van der Waals surface area contributed by atoms with Crippen molar-refractivity contribution in [2.45, 2.75) is 19.3 Å². The van der Waals surface area contributed by atoms with E-state index in [-0.39, 0.29) is 0 Å². The molecule has 0 amide bonds. The van der Waals surface area contributed by atoms with E-state index in [1.165, 1.54) is 19.3 Å². The number of ether oxygens (including phenoxy) is 1. The second kappa shape index (κ2) is 6.06. The fourth-order valence-electron chi connectivity index (χ4n) is 2.67. The van der Waals surface area contributed by atoms with Crippen LogP contribution in [0.15, 0.2) is 29.3 Å². The highest BCUT2D eigenvalue weighted by Gasteiger charge is 2.15. The Bertz CT molecular complexity index is 452. The van der Waals surface area contributed by atoms with Gasteiger partial charge in [-0.1, -0.05) is 12.1 Å².